The lowest BCUT2D eigenvalue weighted by Gasteiger charge is -1.99. The minimum Gasteiger partial charge on any atom is -0.323 e. The molecule has 22 heavy (non-hydrogen) atoms. The summed E-state index contributed by atoms with van der Waals surface area (Å²) in [5.74, 6) is 0.666. The van der Waals surface area contributed by atoms with Crippen LogP contribution in [0.1, 0.15) is 0 Å². The number of pyridine rings is 1. The average molecular weight is 296 g/mol. The van der Waals surface area contributed by atoms with Crippen molar-refractivity contribution in [3.8, 4) is 17.3 Å². The van der Waals surface area contributed by atoms with Gasteiger partial charge in [0.15, 0.2) is 5.82 Å². The summed E-state index contributed by atoms with van der Waals surface area (Å²) in [7, 11) is 0. The number of fused-ring (bicyclic) bond motifs is 1. The number of nitrogens with zero attached hydrogens (tertiary/aromatic N) is 5. The molecule has 0 atom stereocenters. The second kappa shape index (κ2) is 4.48. The molecule has 0 aromatic carbocycles. The van der Waals surface area contributed by atoms with Gasteiger partial charge in [-0.15, -0.1) is 5.10 Å². The molecule has 0 saturated heterocycles. The molecule has 0 aliphatic carbocycles. The van der Waals surface area contributed by atoms with E-state index in [-0.39, 0.29) is 5.82 Å². The Morgan fingerprint density at radius 3 is 2.86 bits per heavy atom. The van der Waals surface area contributed by atoms with Crippen molar-refractivity contribution in [3.63, 3.8) is 0 Å². The first-order chi connectivity index (χ1) is 10.7. The van der Waals surface area contributed by atoms with Crippen LogP contribution in [-0.2, 0) is 0 Å². The van der Waals surface area contributed by atoms with Crippen LogP contribution in [0.3, 0.4) is 0 Å². The fourth-order valence-electron chi connectivity index (χ4n) is 2.08. The molecule has 0 bridgehead atoms. The molecule has 0 saturated carbocycles. The number of nitrogens with one attached hydrogen (secondary N) is 3. The topological polar surface area (TPSA) is 138 Å². The molecular formula is C12H8N8O2. The van der Waals surface area contributed by atoms with E-state index in [9.17, 15) is 9.59 Å². The summed E-state index contributed by atoms with van der Waals surface area (Å²) in [6.45, 7) is 0. The Kier molecular flexibility index (Phi) is 2.48. The second-order valence-corrected chi connectivity index (χ2v) is 4.44. The maximum absolute atomic E-state index is 11.8. The Labute approximate surface area is 120 Å². The highest BCUT2D eigenvalue weighted by Crippen LogP contribution is 2.16. The van der Waals surface area contributed by atoms with Gasteiger partial charge in [0.05, 0.1) is 6.20 Å². The van der Waals surface area contributed by atoms with Crippen molar-refractivity contribution in [2.75, 3.05) is 0 Å². The number of H-pyrrole nitrogens is 3. The highest BCUT2D eigenvalue weighted by Gasteiger charge is 2.11. The minimum atomic E-state index is -0.553. The number of imidazole rings is 1. The fourth-order valence-corrected chi connectivity index (χ4v) is 2.08. The number of aromatic amines is 3. The van der Waals surface area contributed by atoms with Crippen LogP contribution in [0.25, 0.3) is 28.5 Å². The molecule has 4 aromatic heterocycles. The van der Waals surface area contributed by atoms with Gasteiger partial charge in [0.2, 0.25) is 5.65 Å². The Bertz CT molecular complexity index is 1060. The van der Waals surface area contributed by atoms with Crippen molar-refractivity contribution in [2.24, 2.45) is 0 Å². The summed E-state index contributed by atoms with van der Waals surface area (Å²) in [6, 6.07) is 4.71. The van der Waals surface area contributed by atoms with Gasteiger partial charge in [0, 0.05) is 12.3 Å². The third kappa shape index (κ3) is 1.82. The van der Waals surface area contributed by atoms with Crippen LogP contribution in [0.15, 0.2) is 40.2 Å². The molecule has 4 heterocycles. The van der Waals surface area contributed by atoms with Crippen molar-refractivity contribution < 1.29 is 0 Å². The van der Waals surface area contributed by atoms with Crippen molar-refractivity contribution in [3.05, 3.63) is 51.4 Å². The standard InChI is InChI=1S/C12H8N8O2/c21-9-3-4-13-12(22)20(9)8-5-14-10(16-8)6-1-2-7-11(15-6)18-19-17-7/h1-5H,(H,13,22)(H,14,16)(H,15,17,18,19). The number of aromatic nitrogens is 8. The van der Waals surface area contributed by atoms with E-state index in [0.717, 1.165) is 4.57 Å². The van der Waals surface area contributed by atoms with Gasteiger partial charge in [-0.05, 0) is 12.1 Å². The van der Waals surface area contributed by atoms with Crippen LogP contribution < -0.4 is 11.2 Å². The van der Waals surface area contributed by atoms with Gasteiger partial charge in [0.1, 0.15) is 17.0 Å². The Balaban J connectivity index is 1.84. The van der Waals surface area contributed by atoms with Gasteiger partial charge in [-0.25, -0.2) is 19.3 Å². The largest absolute Gasteiger partial charge is 0.334 e. The molecule has 0 aliphatic heterocycles. The summed E-state index contributed by atoms with van der Waals surface area (Å²) in [5, 5.41) is 10.3. The Hall–Kier alpha value is -3.56. The van der Waals surface area contributed by atoms with Gasteiger partial charge in [-0.1, -0.05) is 0 Å². The van der Waals surface area contributed by atoms with Crippen LogP contribution in [0.2, 0.25) is 0 Å². The van der Waals surface area contributed by atoms with Crippen molar-refractivity contribution in [1.82, 2.24) is 39.9 Å². The highest BCUT2D eigenvalue weighted by atomic mass is 16.2. The molecule has 10 heteroatoms. The van der Waals surface area contributed by atoms with Crippen LogP contribution in [-0.4, -0.2) is 39.9 Å². The summed E-state index contributed by atoms with van der Waals surface area (Å²) in [5.41, 5.74) is 0.589. The molecular weight excluding hydrogens is 288 g/mol. The predicted molar refractivity (Wildman–Crippen MR) is 75.5 cm³/mol. The maximum atomic E-state index is 11.8. The number of hydrogen-bond acceptors (Lipinski definition) is 6. The minimum absolute atomic E-state index is 0.254. The molecule has 108 valence electrons. The van der Waals surface area contributed by atoms with Gasteiger partial charge < -0.3 is 9.97 Å². The third-order valence-corrected chi connectivity index (χ3v) is 3.08. The van der Waals surface area contributed by atoms with Crippen molar-refractivity contribution in [2.45, 2.75) is 0 Å². The smallest absolute Gasteiger partial charge is 0.323 e. The first kappa shape index (κ1) is 12.2. The zero-order valence-electron chi connectivity index (χ0n) is 10.9. The zero-order valence-corrected chi connectivity index (χ0v) is 10.9. The van der Waals surface area contributed by atoms with Crippen LogP contribution in [0, 0.1) is 0 Å². The lowest BCUT2D eigenvalue weighted by atomic mass is 10.3. The van der Waals surface area contributed by atoms with Crippen LogP contribution >= 0.6 is 0 Å². The molecule has 4 aromatic rings. The molecule has 0 fully saturated rings. The molecule has 0 amide bonds. The molecule has 0 spiro atoms. The molecule has 0 aliphatic rings. The molecule has 4 rings (SSSR count). The van der Waals surface area contributed by atoms with Crippen LogP contribution in [0.5, 0.6) is 0 Å². The van der Waals surface area contributed by atoms with E-state index in [2.05, 4.69) is 35.3 Å². The lowest BCUT2D eigenvalue weighted by Crippen LogP contribution is -2.32. The van der Waals surface area contributed by atoms with Crippen LogP contribution in [0.4, 0.5) is 0 Å². The van der Waals surface area contributed by atoms with Gasteiger partial charge in [0.25, 0.3) is 5.56 Å². The Morgan fingerprint density at radius 2 is 2.00 bits per heavy atom. The van der Waals surface area contributed by atoms with E-state index in [0.29, 0.717) is 22.7 Å². The molecule has 3 N–H and O–H groups in total. The van der Waals surface area contributed by atoms with E-state index >= 15 is 0 Å². The lowest BCUT2D eigenvalue weighted by molar-refractivity contribution is 0.854. The predicted octanol–water partition coefficient (Wildman–Crippen LogP) is -0.418. The maximum Gasteiger partial charge on any atom is 0.334 e. The van der Waals surface area contributed by atoms with Crippen molar-refractivity contribution >= 4 is 11.2 Å². The van der Waals surface area contributed by atoms with Gasteiger partial charge in [-0.3, -0.25) is 4.79 Å². The molecule has 0 unspecified atom stereocenters. The average Bonchev–Trinajstić information content (AvgIpc) is 3.15. The summed E-state index contributed by atoms with van der Waals surface area (Å²) < 4.78 is 0.950. The quantitative estimate of drug-likeness (QED) is 0.459. The SMILES string of the molecule is O=c1cc[nH]c(=O)n1-c1cnc(-c2ccc3n[nH]nc3n2)[nH]1. The Morgan fingerprint density at radius 1 is 1.09 bits per heavy atom. The third-order valence-electron chi connectivity index (χ3n) is 3.08. The summed E-state index contributed by atoms with van der Waals surface area (Å²) in [4.78, 5) is 37.3. The van der Waals surface area contributed by atoms with E-state index in [1.807, 2.05) is 0 Å². The number of rotatable bonds is 2. The van der Waals surface area contributed by atoms with E-state index in [4.69, 9.17) is 0 Å². The monoisotopic (exact) mass is 296 g/mol. The number of hydrogen-bond donors (Lipinski definition) is 3. The van der Waals surface area contributed by atoms with Gasteiger partial charge >= 0.3 is 5.69 Å². The van der Waals surface area contributed by atoms with Crippen molar-refractivity contribution in [1.29, 1.82) is 0 Å². The molecule has 0 radical (unpaired) electrons. The summed E-state index contributed by atoms with van der Waals surface area (Å²) in [6.07, 6.45) is 2.68. The first-order valence-corrected chi connectivity index (χ1v) is 6.26. The normalized spacial score (nSPS) is 11.1. The van der Waals surface area contributed by atoms with E-state index in [1.165, 1.54) is 18.5 Å². The second-order valence-electron chi connectivity index (χ2n) is 4.44. The first-order valence-electron chi connectivity index (χ1n) is 6.26. The highest BCUT2D eigenvalue weighted by molar-refractivity contribution is 5.72. The fraction of sp³-hybridized carbons (Fsp3) is 0. The van der Waals surface area contributed by atoms with E-state index in [1.54, 1.807) is 12.1 Å². The molecule has 10 nitrogen and oxygen atoms in total. The zero-order chi connectivity index (χ0) is 15.1. The van der Waals surface area contributed by atoms with E-state index < -0.39 is 11.2 Å². The van der Waals surface area contributed by atoms with Gasteiger partial charge in [-0.2, -0.15) is 10.3 Å². The summed E-state index contributed by atoms with van der Waals surface area (Å²) >= 11 is 0.